The van der Waals surface area contributed by atoms with Gasteiger partial charge in [-0.3, -0.25) is 9.59 Å². The van der Waals surface area contributed by atoms with Gasteiger partial charge in [-0.1, -0.05) is 60.7 Å². The van der Waals surface area contributed by atoms with Gasteiger partial charge in [0.1, 0.15) is 0 Å². The lowest BCUT2D eigenvalue weighted by molar-refractivity contribution is 0.103. The zero-order valence-corrected chi connectivity index (χ0v) is 16.2. The fraction of sp³-hybridized carbons (Fsp3) is 0. The number of carbonyl (C=O) groups is 2. The van der Waals surface area contributed by atoms with Crippen molar-refractivity contribution in [1.29, 1.82) is 0 Å². The van der Waals surface area contributed by atoms with Gasteiger partial charge in [-0.15, -0.1) is 0 Å². The highest BCUT2D eigenvalue weighted by Crippen LogP contribution is 2.24. The van der Waals surface area contributed by atoms with Crippen molar-refractivity contribution in [1.82, 2.24) is 0 Å². The fourth-order valence-corrected chi connectivity index (χ4v) is 3.37. The van der Waals surface area contributed by atoms with E-state index in [1.54, 1.807) is 60.7 Å². The minimum absolute atomic E-state index is 0.101. The molecular formula is C26H20N2O2. The molecule has 0 fully saturated rings. The van der Waals surface area contributed by atoms with Gasteiger partial charge in [-0.05, 0) is 47.5 Å². The molecule has 0 aliphatic rings. The van der Waals surface area contributed by atoms with Crippen LogP contribution >= 0.6 is 0 Å². The van der Waals surface area contributed by atoms with E-state index < -0.39 is 0 Å². The molecule has 0 spiro atoms. The van der Waals surface area contributed by atoms with E-state index in [2.05, 4.69) is 0 Å². The first-order valence-electron chi connectivity index (χ1n) is 9.52. The number of nitrogens with two attached hydrogens (primary N) is 2. The van der Waals surface area contributed by atoms with Gasteiger partial charge in [-0.2, -0.15) is 0 Å². The molecule has 4 rings (SSSR count). The Hall–Kier alpha value is -4.18. The quantitative estimate of drug-likeness (QED) is 0.370. The van der Waals surface area contributed by atoms with Crippen LogP contribution in [0.1, 0.15) is 31.8 Å². The summed E-state index contributed by atoms with van der Waals surface area (Å²) in [6.07, 6.45) is 0. The lowest BCUT2D eigenvalue weighted by Gasteiger charge is -2.08. The lowest BCUT2D eigenvalue weighted by Crippen LogP contribution is -2.03. The summed E-state index contributed by atoms with van der Waals surface area (Å²) < 4.78 is 0. The van der Waals surface area contributed by atoms with Crippen molar-refractivity contribution in [2.24, 2.45) is 0 Å². The van der Waals surface area contributed by atoms with Gasteiger partial charge < -0.3 is 11.5 Å². The first kappa shape index (κ1) is 19.2. The molecule has 146 valence electrons. The lowest BCUT2D eigenvalue weighted by atomic mass is 9.95. The van der Waals surface area contributed by atoms with Crippen LogP contribution < -0.4 is 11.5 Å². The largest absolute Gasteiger partial charge is 0.399 e. The van der Waals surface area contributed by atoms with E-state index in [1.807, 2.05) is 36.4 Å². The Morgan fingerprint density at radius 3 is 1.17 bits per heavy atom. The fourth-order valence-electron chi connectivity index (χ4n) is 3.37. The molecule has 4 heteroatoms. The molecule has 4 aromatic carbocycles. The number of hydrogen-bond acceptors (Lipinski definition) is 4. The summed E-state index contributed by atoms with van der Waals surface area (Å²) in [4.78, 5) is 25.7. The molecule has 4 nitrogen and oxygen atoms in total. The summed E-state index contributed by atoms with van der Waals surface area (Å²) in [7, 11) is 0. The molecule has 4 aromatic rings. The highest BCUT2D eigenvalue weighted by Gasteiger charge is 2.13. The van der Waals surface area contributed by atoms with E-state index >= 15 is 0 Å². The molecule has 0 aliphatic carbocycles. The maximum Gasteiger partial charge on any atom is 0.193 e. The van der Waals surface area contributed by atoms with Crippen molar-refractivity contribution in [3.05, 3.63) is 119 Å². The van der Waals surface area contributed by atoms with E-state index in [4.69, 9.17) is 11.5 Å². The van der Waals surface area contributed by atoms with E-state index in [-0.39, 0.29) is 11.6 Å². The van der Waals surface area contributed by atoms with E-state index in [1.165, 1.54) is 0 Å². The summed E-state index contributed by atoms with van der Waals surface area (Å²) in [6, 6.07) is 28.6. The van der Waals surface area contributed by atoms with Crippen LogP contribution in [0.4, 0.5) is 11.4 Å². The first-order valence-corrected chi connectivity index (χ1v) is 9.52. The van der Waals surface area contributed by atoms with Crippen LogP contribution in [-0.2, 0) is 0 Å². The van der Waals surface area contributed by atoms with Crippen LogP contribution in [0.3, 0.4) is 0 Å². The molecule has 4 N–H and O–H groups in total. The number of carbonyl (C=O) groups excluding carboxylic acids is 2. The summed E-state index contributed by atoms with van der Waals surface area (Å²) in [5, 5.41) is 0. The Bertz CT molecular complexity index is 1160. The number of nitrogen functional groups attached to an aromatic ring is 2. The predicted molar refractivity (Wildman–Crippen MR) is 120 cm³/mol. The highest BCUT2D eigenvalue weighted by atomic mass is 16.1. The average Bonchev–Trinajstić information content (AvgIpc) is 2.78. The molecule has 0 saturated heterocycles. The monoisotopic (exact) mass is 392 g/mol. The molecule has 0 radical (unpaired) electrons. The van der Waals surface area contributed by atoms with Crippen molar-refractivity contribution >= 4 is 22.9 Å². The van der Waals surface area contributed by atoms with Crippen LogP contribution in [0.15, 0.2) is 97.1 Å². The standard InChI is InChI=1S/C26H20N2O2/c27-23-11-3-9-21(15-23)25(29)19-7-1-5-17(13-19)18-6-2-8-20(14-18)26(30)22-10-4-12-24(28)16-22/h1-16H,27-28H2. The van der Waals surface area contributed by atoms with Gasteiger partial charge in [0.15, 0.2) is 11.6 Å². The molecule has 0 unspecified atom stereocenters. The Balaban J connectivity index is 1.67. The first-order chi connectivity index (χ1) is 14.5. The van der Waals surface area contributed by atoms with Crippen molar-refractivity contribution in [2.45, 2.75) is 0 Å². The topological polar surface area (TPSA) is 86.2 Å². The van der Waals surface area contributed by atoms with Crippen molar-refractivity contribution in [3.8, 4) is 11.1 Å². The number of anilines is 2. The normalized spacial score (nSPS) is 10.5. The molecule has 30 heavy (non-hydrogen) atoms. The SMILES string of the molecule is Nc1cccc(C(=O)c2cccc(-c3cccc(C(=O)c4cccc(N)c4)c3)c2)c1. The molecular weight excluding hydrogens is 372 g/mol. The smallest absolute Gasteiger partial charge is 0.193 e. The van der Waals surface area contributed by atoms with Crippen LogP contribution in [0.2, 0.25) is 0 Å². The number of benzene rings is 4. The van der Waals surface area contributed by atoms with E-state index in [0.717, 1.165) is 11.1 Å². The Kier molecular flexibility index (Phi) is 5.14. The van der Waals surface area contributed by atoms with Gasteiger partial charge in [0.05, 0.1) is 0 Å². The minimum atomic E-state index is -0.101. The molecule has 0 atom stereocenters. The summed E-state index contributed by atoms with van der Waals surface area (Å²) in [5.74, 6) is -0.202. The summed E-state index contributed by atoms with van der Waals surface area (Å²) in [5.41, 5.74) is 16.6. The van der Waals surface area contributed by atoms with Gasteiger partial charge in [-0.25, -0.2) is 0 Å². The van der Waals surface area contributed by atoms with E-state index in [0.29, 0.717) is 33.6 Å². The highest BCUT2D eigenvalue weighted by molar-refractivity contribution is 6.11. The number of hydrogen-bond donors (Lipinski definition) is 2. The van der Waals surface area contributed by atoms with Crippen LogP contribution in [0.5, 0.6) is 0 Å². The van der Waals surface area contributed by atoms with E-state index in [9.17, 15) is 9.59 Å². The molecule has 0 aromatic heterocycles. The van der Waals surface area contributed by atoms with Gasteiger partial charge in [0.2, 0.25) is 0 Å². The maximum absolute atomic E-state index is 12.9. The second-order valence-corrected chi connectivity index (χ2v) is 7.07. The van der Waals surface area contributed by atoms with Gasteiger partial charge in [0.25, 0.3) is 0 Å². The van der Waals surface area contributed by atoms with Crippen molar-refractivity contribution in [3.63, 3.8) is 0 Å². The zero-order chi connectivity index (χ0) is 21.1. The molecule has 0 saturated carbocycles. The van der Waals surface area contributed by atoms with Crippen LogP contribution in [0, 0.1) is 0 Å². The Morgan fingerprint density at radius 1 is 0.467 bits per heavy atom. The Labute approximate surface area is 174 Å². The second kappa shape index (κ2) is 8.05. The summed E-state index contributed by atoms with van der Waals surface area (Å²) in [6.45, 7) is 0. The van der Waals surface area contributed by atoms with Gasteiger partial charge in [0, 0.05) is 33.6 Å². The van der Waals surface area contributed by atoms with Crippen molar-refractivity contribution < 1.29 is 9.59 Å². The molecule has 0 amide bonds. The van der Waals surface area contributed by atoms with Crippen LogP contribution in [0.25, 0.3) is 11.1 Å². The summed E-state index contributed by atoms with van der Waals surface area (Å²) >= 11 is 0. The Morgan fingerprint density at radius 2 is 0.800 bits per heavy atom. The molecule has 0 bridgehead atoms. The van der Waals surface area contributed by atoms with Crippen molar-refractivity contribution in [2.75, 3.05) is 11.5 Å². The van der Waals surface area contributed by atoms with Crippen LogP contribution in [-0.4, -0.2) is 11.6 Å². The third-order valence-corrected chi connectivity index (χ3v) is 4.88. The third kappa shape index (κ3) is 3.98. The second-order valence-electron chi connectivity index (χ2n) is 7.07. The predicted octanol–water partition coefficient (Wildman–Crippen LogP) is 4.98. The average molecular weight is 392 g/mol. The van der Waals surface area contributed by atoms with Gasteiger partial charge >= 0.3 is 0 Å². The molecule has 0 aliphatic heterocycles. The number of ketones is 2. The minimum Gasteiger partial charge on any atom is -0.399 e. The maximum atomic E-state index is 12.9. The third-order valence-electron chi connectivity index (χ3n) is 4.88. The zero-order valence-electron chi connectivity index (χ0n) is 16.2. The number of rotatable bonds is 5. The molecule has 0 heterocycles.